The van der Waals surface area contributed by atoms with Crippen LogP contribution in [0.15, 0.2) is 127 Å². The lowest BCUT2D eigenvalue weighted by atomic mass is 9.74. The monoisotopic (exact) mass is 400 g/mol. The Morgan fingerprint density at radius 1 is 0.548 bits per heavy atom. The lowest BCUT2D eigenvalue weighted by Crippen LogP contribution is -2.23. The van der Waals surface area contributed by atoms with E-state index in [-0.39, 0.29) is 23.5 Å². The Hall–Kier alpha value is -3.71. The van der Waals surface area contributed by atoms with E-state index in [1.165, 1.54) is 11.1 Å². The second-order valence-electron chi connectivity index (χ2n) is 8.07. The maximum atomic E-state index is 14.0. The van der Waals surface area contributed by atoms with Gasteiger partial charge in [-0.3, -0.25) is 4.79 Å². The van der Waals surface area contributed by atoms with E-state index in [0.717, 1.165) is 16.7 Å². The third kappa shape index (κ3) is 3.75. The summed E-state index contributed by atoms with van der Waals surface area (Å²) >= 11 is 0. The fourth-order valence-corrected chi connectivity index (χ4v) is 4.85. The van der Waals surface area contributed by atoms with Crippen LogP contribution in [0.3, 0.4) is 0 Å². The quantitative estimate of drug-likeness (QED) is 0.325. The summed E-state index contributed by atoms with van der Waals surface area (Å²) in [5.74, 6) is 0.128. The highest BCUT2D eigenvalue weighted by atomic mass is 16.1. The van der Waals surface area contributed by atoms with E-state index < -0.39 is 0 Å². The van der Waals surface area contributed by atoms with E-state index in [2.05, 4.69) is 66.7 Å². The summed E-state index contributed by atoms with van der Waals surface area (Å²) in [6, 6.07) is 41.1. The smallest absolute Gasteiger partial charge is 0.170 e. The van der Waals surface area contributed by atoms with Crippen molar-refractivity contribution in [2.45, 2.75) is 11.8 Å². The molecule has 150 valence electrons. The van der Waals surface area contributed by atoms with Crippen LogP contribution in [0, 0.1) is 5.92 Å². The summed E-state index contributed by atoms with van der Waals surface area (Å²) in [5, 5.41) is 0. The number of rotatable bonds is 5. The molecule has 4 aromatic carbocycles. The molecule has 0 N–H and O–H groups in total. The van der Waals surface area contributed by atoms with Crippen molar-refractivity contribution in [3.05, 3.63) is 150 Å². The van der Waals surface area contributed by atoms with Gasteiger partial charge < -0.3 is 0 Å². The molecule has 4 aromatic rings. The fraction of sp³-hybridized carbons (Fsp3) is 0.100. The normalized spacial score (nSPS) is 20.3. The van der Waals surface area contributed by atoms with Gasteiger partial charge in [-0.1, -0.05) is 127 Å². The van der Waals surface area contributed by atoms with Gasteiger partial charge in [-0.15, -0.1) is 0 Å². The molecule has 0 spiro atoms. The summed E-state index contributed by atoms with van der Waals surface area (Å²) in [5.41, 5.74) is 5.46. The SMILES string of the molecule is O=C(c1ccccc1)[C@@H]1C(c2ccccc2)=C[C@H](c2ccccc2)[C@H]1c1ccccc1. The molecule has 0 bridgehead atoms. The van der Waals surface area contributed by atoms with Crippen LogP contribution in [-0.4, -0.2) is 5.78 Å². The van der Waals surface area contributed by atoms with Gasteiger partial charge in [-0.05, 0) is 22.3 Å². The number of carbonyl (C=O) groups excluding carboxylic acids is 1. The van der Waals surface area contributed by atoms with Gasteiger partial charge in [0.2, 0.25) is 0 Å². The molecule has 0 heterocycles. The molecule has 3 atom stereocenters. The third-order valence-corrected chi connectivity index (χ3v) is 6.26. The Morgan fingerprint density at radius 2 is 1.03 bits per heavy atom. The summed E-state index contributed by atoms with van der Waals surface area (Å²) < 4.78 is 0. The van der Waals surface area contributed by atoms with Gasteiger partial charge in [0.1, 0.15) is 0 Å². The number of Topliss-reactive ketones (excluding diaryl/α,β-unsaturated/α-hetero) is 1. The van der Waals surface area contributed by atoms with Gasteiger partial charge in [0, 0.05) is 17.4 Å². The van der Waals surface area contributed by atoms with Crippen molar-refractivity contribution in [3.8, 4) is 0 Å². The fourth-order valence-electron chi connectivity index (χ4n) is 4.85. The summed E-state index contributed by atoms with van der Waals surface area (Å²) in [7, 11) is 0. The zero-order chi connectivity index (χ0) is 21.0. The molecule has 31 heavy (non-hydrogen) atoms. The van der Waals surface area contributed by atoms with Crippen LogP contribution in [-0.2, 0) is 0 Å². The molecule has 0 unspecified atom stereocenters. The highest BCUT2D eigenvalue weighted by molar-refractivity contribution is 6.06. The molecule has 1 heteroatoms. The van der Waals surface area contributed by atoms with Gasteiger partial charge in [-0.25, -0.2) is 0 Å². The van der Waals surface area contributed by atoms with Gasteiger partial charge in [0.05, 0.1) is 5.92 Å². The van der Waals surface area contributed by atoms with Crippen LogP contribution in [0.2, 0.25) is 0 Å². The molecule has 0 radical (unpaired) electrons. The standard InChI is InChI=1S/C30H24O/c31-30(25-19-11-4-12-20-25)29-27(23-15-7-2-8-16-23)21-26(22-13-5-1-6-14-22)28(29)24-17-9-3-10-18-24/h1-21,26,28-29H/t26-,28-,29-/m1/s1. The van der Waals surface area contributed by atoms with Crippen LogP contribution in [0.4, 0.5) is 0 Å². The Bertz CT molecular complexity index is 1180. The maximum Gasteiger partial charge on any atom is 0.170 e. The highest BCUT2D eigenvalue weighted by Crippen LogP contribution is 2.52. The number of benzene rings is 4. The first-order valence-electron chi connectivity index (χ1n) is 10.8. The van der Waals surface area contributed by atoms with Crippen molar-refractivity contribution in [3.63, 3.8) is 0 Å². The van der Waals surface area contributed by atoms with Crippen molar-refractivity contribution in [2.75, 3.05) is 0 Å². The first-order valence-corrected chi connectivity index (χ1v) is 10.8. The molecule has 1 nitrogen and oxygen atoms in total. The minimum absolute atomic E-state index is 0.0477. The molecular weight excluding hydrogens is 376 g/mol. The van der Waals surface area contributed by atoms with Gasteiger partial charge in [-0.2, -0.15) is 0 Å². The first-order chi connectivity index (χ1) is 15.3. The molecule has 0 aromatic heterocycles. The Morgan fingerprint density at radius 3 is 1.61 bits per heavy atom. The maximum absolute atomic E-state index is 14.0. The van der Waals surface area contributed by atoms with Crippen LogP contribution in [0.1, 0.15) is 38.9 Å². The van der Waals surface area contributed by atoms with E-state index in [1.54, 1.807) is 0 Å². The molecule has 0 fully saturated rings. The van der Waals surface area contributed by atoms with Crippen molar-refractivity contribution in [2.24, 2.45) is 5.92 Å². The van der Waals surface area contributed by atoms with Crippen LogP contribution >= 0.6 is 0 Å². The van der Waals surface area contributed by atoms with Crippen LogP contribution < -0.4 is 0 Å². The molecule has 0 aliphatic heterocycles. The number of carbonyl (C=O) groups is 1. The molecule has 1 aliphatic carbocycles. The summed E-state index contributed by atoms with van der Waals surface area (Å²) in [6.45, 7) is 0. The van der Waals surface area contributed by atoms with Gasteiger partial charge in [0.25, 0.3) is 0 Å². The summed E-state index contributed by atoms with van der Waals surface area (Å²) in [6.07, 6.45) is 2.33. The first kappa shape index (κ1) is 19.3. The lowest BCUT2D eigenvalue weighted by molar-refractivity contribution is 0.0937. The summed E-state index contributed by atoms with van der Waals surface area (Å²) in [4.78, 5) is 14.0. The van der Waals surface area contributed by atoms with E-state index in [4.69, 9.17) is 0 Å². The minimum Gasteiger partial charge on any atom is -0.293 e. The second kappa shape index (κ2) is 8.57. The van der Waals surface area contributed by atoms with Gasteiger partial charge in [0.15, 0.2) is 5.78 Å². The van der Waals surface area contributed by atoms with Gasteiger partial charge >= 0.3 is 0 Å². The molecule has 0 saturated carbocycles. The molecule has 1 aliphatic rings. The largest absolute Gasteiger partial charge is 0.293 e. The topological polar surface area (TPSA) is 17.1 Å². The van der Waals surface area contributed by atoms with Crippen molar-refractivity contribution < 1.29 is 4.79 Å². The van der Waals surface area contributed by atoms with Crippen LogP contribution in [0.5, 0.6) is 0 Å². The molecular formula is C30H24O. The molecule has 0 saturated heterocycles. The Balaban J connectivity index is 1.70. The second-order valence-corrected chi connectivity index (χ2v) is 8.07. The molecule has 5 rings (SSSR count). The van der Waals surface area contributed by atoms with Crippen molar-refractivity contribution >= 4 is 11.4 Å². The lowest BCUT2D eigenvalue weighted by Gasteiger charge is -2.27. The average molecular weight is 401 g/mol. The van der Waals surface area contributed by atoms with Crippen molar-refractivity contribution in [1.82, 2.24) is 0 Å². The Kier molecular flexibility index (Phi) is 5.33. The van der Waals surface area contributed by atoms with E-state index in [0.29, 0.717) is 0 Å². The number of hydrogen-bond acceptors (Lipinski definition) is 1. The minimum atomic E-state index is -0.239. The zero-order valence-electron chi connectivity index (χ0n) is 17.3. The van der Waals surface area contributed by atoms with Crippen molar-refractivity contribution in [1.29, 1.82) is 0 Å². The number of ketones is 1. The molecule has 0 amide bonds. The predicted molar refractivity (Wildman–Crippen MR) is 127 cm³/mol. The van der Waals surface area contributed by atoms with E-state index >= 15 is 0 Å². The zero-order valence-corrected chi connectivity index (χ0v) is 17.3. The van der Waals surface area contributed by atoms with E-state index in [1.807, 2.05) is 60.7 Å². The number of allylic oxidation sites excluding steroid dienone is 2. The highest BCUT2D eigenvalue weighted by Gasteiger charge is 2.43. The predicted octanol–water partition coefficient (Wildman–Crippen LogP) is 7.15. The third-order valence-electron chi connectivity index (χ3n) is 6.26. The average Bonchev–Trinajstić information content (AvgIpc) is 3.26. The number of hydrogen-bond donors (Lipinski definition) is 0. The Labute approximate surface area is 183 Å². The van der Waals surface area contributed by atoms with E-state index in [9.17, 15) is 4.79 Å². The van der Waals surface area contributed by atoms with Crippen LogP contribution in [0.25, 0.3) is 5.57 Å².